The second kappa shape index (κ2) is 8.90. The standard InChI is InChI=1S/C23H34N4OS/c1-15-8-7-9-19(16(15)2)24-20(28)14-29-22-26-25-21(27(22)6)17-10-12-18(13-11-17)23(3,4)5/h10-13,15-16,19H,7-9,14H2,1-6H3,(H,24,28)/t15-,16+,19+/m0/s1. The fraction of sp³-hybridized carbons (Fsp3) is 0.609. The molecule has 5 nitrogen and oxygen atoms in total. The maximum atomic E-state index is 12.5. The molecule has 158 valence electrons. The molecule has 1 N–H and O–H groups in total. The normalized spacial score (nSPS) is 22.5. The van der Waals surface area contributed by atoms with E-state index in [4.69, 9.17) is 0 Å². The van der Waals surface area contributed by atoms with Gasteiger partial charge in [0.1, 0.15) is 0 Å². The first kappa shape index (κ1) is 21.9. The van der Waals surface area contributed by atoms with E-state index in [1.807, 2.05) is 11.6 Å². The van der Waals surface area contributed by atoms with Gasteiger partial charge >= 0.3 is 0 Å². The maximum absolute atomic E-state index is 12.5. The van der Waals surface area contributed by atoms with Crippen LogP contribution < -0.4 is 5.32 Å². The Morgan fingerprint density at radius 1 is 1.17 bits per heavy atom. The van der Waals surface area contributed by atoms with Crippen LogP contribution in [0.15, 0.2) is 29.4 Å². The molecule has 0 aliphatic heterocycles. The fourth-order valence-corrected chi connectivity index (χ4v) is 4.70. The first-order chi connectivity index (χ1) is 13.7. The average molecular weight is 415 g/mol. The largest absolute Gasteiger partial charge is 0.352 e. The number of carbonyl (C=O) groups excluding carboxylic acids is 1. The molecule has 0 unspecified atom stereocenters. The molecule has 0 saturated heterocycles. The zero-order valence-corrected chi connectivity index (χ0v) is 19.3. The van der Waals surface area contributed by atoms with Gasteiger partial charge in [0.25, 0.3) is 0 Å². The summed E-state index contributed by atoms with van der Waals surface area (Å²) in [5, 5.41) is 12.7. The molecule has 0 radical (unpaired) electrons. The number of hydrogen-bond donors (Lipinski definition) is 1. The van der Waals surface area contributed by atoms with Gasteiger partial charge in [0.15, 0.2) is 11.0 Å². The number of nitrogens with one attached hydrogen (secondary N) is 1. The number of benzene rings is 1. The molecule has 1 saturated carbocycles. The average Bonchev–Trinajstić information content (AvgIpc) is 3.04. The predicted octanol–water partition coefficient (Wildman–Crippen LogP) is 4.81. The minimum atomic E-state index is 0.0834. The lowest BCUT2D eigenvalue weighted by Gasteiger charge is -2.34. The molecule has 1 aromatic heterocycles. The third-order valence-corrected chi connectivity index (χ3v) is 7.25. The van der Waals surface area contributed by atoms with Crippen LogP contribution in [0, 0.1) is 11.8 Å². The van der Waals surface area contributed by atoms with E-state index in [2.05, 4.69) is 74.4 Å². The Balaban J connectivity index is 1.60. The smallest absolute Gasteiger partial charge is 0.230 e. The molecular formula is C23H34N4OS. The molecule has 1 aliphatic rings. The molecule has 0 spiro atoms. The van der Waals surface area contributed by atoms with Crippen molar-refractivity contribution in [2.75, 3.05) is 5.75 Å². The van der Waals surface area contributed by atoms with E-state index >= 15 is 0 Å². The minimum Gasteiger partial charge on any atom is -0.352 e. The zero-order chi connectivity index (χ0) is 21.2. The van der Waals surface area contributed by atoms with E-state index in [1.54, 1.807) is 0 Å². The Hall–Kier alpha value is -1.82. The maximum Gasteiger partial charge on any atom is 0.230 e. The van der Waals surface area contributed by atoms with Crippen molar-refractivity contribution in [3.8, 4) is 11.4 Å². The van der Waals surface area contributed by atoms with Crippen LogP contribution in [0.3, 0.4) is 0 Å². The summed E-state index contributed by atoms with van der Waals surface area (Å²) >= 11 is 1.45. The molecule has 1 heterocycles. The Morgan fingerprint density at radius 2 is 1.86 bits per heavy atom. The van der Waals surface area contributed by atoms with Crippen LogP contribution in [-0.4, -0.2) is 32.5 Å². The molecule has 2 aromatic rings. The molecule has 1 aliphatic carbocycles. The van der Waals surface area contributed by atoms with Crippen LogP contribution >= 0.6 is 11.8 Å². The third kappa shape index (κ3) is 5.21. The number of thioether (sulfide) groups is 1. The first-order valence-corrected chi connectivity index (χ1v) is 11.6. The Labute approximate surface area is 179 Å². The van der Waals surface area contributed by atoms with Crippen LogP contribution in [0.4, 0.5) is 0 Å². The van der Waals surface area contributed by atoms with Crippen LogP contribution in [-0.2, 0) is 17.3 Å². The number of hydrogen-bond acceptors (Lipinski definition) is 4. The molecular weight excluding hydrogens is 380 g/mol. The lowest BCUT2D eigenvalue weighted by Crippen LogP contribution is -2.44. The highest BCUT2D eigenvalue weighted by Crippen LogP contribution is 2.30. The number of nitrogens with zero attached hydrogens (tertiary/aromatic N) is 3. The van der Waals surface area contributed by atoms with Gasteiger partial charge in [-0.1, -0.05) is 83.5 Å². The highest BCUT2D eigenvalue weighted by molar-refractivity contribution is 7.99. The third-order valence-electron chi connectivity index (χ3n) is 6.23. The summed E-state index contributed by atoms with van der Waals surface area (Å²) in [6, 6.07) is 8.78. The van der Waals surface area contributed by atoms with E-state index in [0.29, 0.717) is 23.6 Å². The topological polar surface area (TPSA) is 59.8 Å². The number of rotatable bonds is 5. The van der Waals surface area contributed by atoms with Crippen molar-refractivity contribution in [3.63, 3.8) is 0 Å². The molecule has 1 amide bonds. The molecule has 1 aromatic carbocycles. The van der Waals surface area contributed by atoms with Crippen molar-refractivity contribution in [3.05, 3.63) is 29.8 Å². The minimum absolute atomic E-state index is 0.0834. The van der Waals surface area contributed by atoms with Crippen molar-refractivity contribution >= 4 is 17.7 Å². The zero-order valence-electron chi connectivity index (χ0n) is 18.5. The summed E-state index contributed by atoms with van der Waals surface area (Å²) in [4.78, 5) is 12.5. The SMILES string of the molecule is C[C@@H]1[C@@H](C)CCC[C@H]1NC(=O)CSc1nnc(-c2ccc(C(C)(C)C)cc2)n1C. The van der Waals surface area contributed by atoms with E-state index in [0.717, 1.165) is 23.0 Å². The van der Waals surface area contributed by atoms with Crippen molar-refractivity contribution in [2.24, 2.45) is 18.9 Å². The van der Waals surface area contributed by atoms with Gasteiger partial charge in [0, 0.05) is 18.7 Å². The highest BCUT2D eigenvalue weighted by Gasteiger charge is 2.28. The van der Waals surface area contributed by atoms with Crippen LogP contribution in [0.1, 0.15) is 59.4 Å². The molecule has 6 heteroatoms. The summed E-state index contributed by atoms with van der Waals surface area (Å²) in [6.45, 7) is 11.2. The highest BCUT2D eigenvalue weighted by atomic mass is 32.2. The van der Waals surface area contributed by atoms with E-state index in [1.165, 1.54) is 30.2 Å². The van der Waals surface area contributed by atoms with E-state index < -0.39 is 0 Å². The summed E-state index contributed by atoms with van der Waals surface area (Å²) in [5.74, 6) is 2.48. The van der Waals surface area contributed by atoms with Crippen molar-refractivity contribution in [2.45, 2.75) is 70.5 Å². The Bertz CT molecular complexity index is 838. The molecule has 1 fully saturated rings. The number of amides is 1. The summed E-state index contributed by atoms with van der Waals surface area (Å²) < 4.78 is 1.97. The molecule has 3 rings (SSSR count). The monoisotopic (exact) mass is 414 g/mol. The summed E-state index contributed by atoms with van der Waals surface area (Å²) in [7, 11) is 1.96. The molecule has 0 bridgehead atoms. The second-order valence-electron chi connectivity index (χ2n) is 9.42. The van der Waals surface area contributed by atoms with Crippen LogP contribution in [0.2, 0.25) is 0 Å². The number of aromatic nitrogens is 3. The predicted molar refractivity (Wildman–Crippen MR) is 120 cm³/mol. The van der Waals surface area contributed by atoms with Gasteiger partial charge in [0.05, 0.1) is 5.75 Å². The lowest BCUT2D eigenvalue weighted by atomic mass is 9.78. The van der Waals surface area contributed by atoms with Gasteiger partial charge in [-0.15, -0.1) is 10.2 Å². The van der Waals surface area contributed by atoms with Gasteiger partial charge in [-0.05, 0) is 29.2 Å². The number of carbonyl (C=O) groups is 1. The molecule has 29 heavy (non-hydrogen) atoms. The quantitative estimate of drug-likeness (QED) is 0.713. The second-order valence-corrected chi connectivity index (χ2v) is 10.4. The van der Waals surface area contributed by atoms with Gasteiger partial charge in [-0.2, -0.15) is 0 Å². The Kier molecular flexibility index (Phi) is 6.72. The van der Waals surface area contributed by atoms with Gasteiger partial charge in [-0.3, -0.25) is 4.79 Å². The van der Waals surface area contributed by atoms with Gasteiger partial charge in [0.2, 0.25) is 5.91 Å². The van der Waals surface area contributed by atoms with E-state index in [-0.39, 0.29) is 11.3 Å². The van der Waals surface area contributed by atoms with Crippen molar-refractivity contribution in [1.29, 1.82) is 0 Å². The van der Waals surface area contributed by atoms with Crippen molar-refractivity contribution < 1.29 is 4.79 Å². The first-order valence-electron chi connectivity index (χ1n) is 10.6. The molecule has 3 atom stereocenters. The van der Waals surface area contributed by atoms with Crippen LogP contribution in [0.25, 0.3) is 11.4 Å². The summed E-state index contributed by atoms with van der Waals surface area (Å²) in [6.07, 6.45) is 3.55. The van der Waals surface area contributed by atoms with Gasteiger partial charge < -0.3 is 9.88 Å². The van der Waals surface area contributed by atoms with Crippen molar-refractivity contribution in [1.82, 2.24) is 20.1 Å². The van der Waals surface area contributed by atoms with Crippen LogP contribution in [0.5, 0.6) is 0 Å². The van der Waals surface area contributed by atoms with E-state index in [9.17, 15) is 4.79 Å². The summed E-state index contributed by atoms with van der Waals surface area (Å²) in [5.41, 5.74) is 2.45. The Morgan fingerprint density at radius 3 is 2.52 bits per heavy atom. The fourth-order valence-electron chi connectivity index (χ4n) is 3.98. The lowest BCUT2D eigenvalue weighted by molar-refractivity contribution is -0.120. The van der Waals surface area contributed by atoms with Gasteiger partial charge in [-0.25, -0.2) is 0 Å².